The normalized spacial score (nSPS) is 22.9. The van der Waals surface area contributed by atoms with E-state index in [1.807, 2.05) is 30.5 Å². The van der Waals surface area contributed by atoms with Gasteiger partial charge in [-0.3, -0.25) is 19.3 Å². The van der Waals surface area contributed by atoms with Gasteiger partial charge in [0.25, 0.3) is 0 Å². The average Bonchev–Trinajstić information content (AvgIpc) is 3.44. The molecular weight excluding hydrogens is 374 g/mol. The van der Waals surface area contributed by atoms with Gasteiger partial charge in [-0.05, 0) is 18.1 Å². The summed E-state index contributed by atoms with van der Waals surface area (Å²) in [5, 5.41) is 13.3. The van der Waals surface area contributed by atoms with Crippen molar-refractivity contribution in [3.05, 3.63) is 64.1 Å². The van der Waals surface area contributed by atoms with E-state index in [9.17, 15) is 14.4 Å². The van der Waals surface area contributed by atoms with Crippen molar-refractivity contribution in [1.82, 2.24) is 29.9 Å². The third-order valence-corrected chi connectivity index (χ3v) is 5.82. The minimum absolute atomic E-state index is 0.0607. The SMILES string of the molecule is Cn1cc(C2N(C(=O)Cc3n[nH]c(=O)[nH]3)CCC23C(=O)Nc2ccccc23)cn1. The molecule has 4 heterocycles. The standard InChI is InChI=1S/C19H19N7O3/c1-25-10-11(9-20-25)16-19(12-4-2-3-5-13(12)21-17(19)28)6-7-26(16)15(27)8-14-22-18(29)24-23-14/h2-5,9-10,16H,6-8H2,1H3,(H,21,28)(H2,22,23,24,29). The Hall–Kier alpha value is -3.69. The van der Waals surface area contributed by atoms with Crippen LogP contribution in [0.4, 0.5) is 5.69 Å². The lowest BCUT2D eigenvalue weighted by Crippen LogP contribution is -2.43. The molecule has 2 aliphatic heterocycles. The highest BCUT2D eigenvalue weighted by molar-refractivity contribution is 6.07. The molecule has 10 heteroatoms. The molecular formula is C19H19N7O3. The maximum absolute atomic E-state index is 13.2. The molecule has 0 radical (unpaired) electrons. The van der Waals surface area contributed by atoms with Crippen LogP contribution in [0.2, 0.25) is 0 Å². The van der Waals surface area contributed by atoms with Crippen LogP contribution in [0.3, 0.4) is 0 Å². The molecule has 3 aromatic rings. The van der Waals surface area contributed by atoms with Crippen molar-refractivity contribution < 1.29 is 9.59 Å². The summed E-state index contributed by atoms with van der Waals surface area (Å²) in [5.41, 5.74) is 1.12. The van der Waals surface area contributed by atoms with E-state index in [1.165, 1.54) is 0 Å². The zero-order chi connectivity index (χ0) is 20.2. The van der Waals surface area contributed by atoms with Gasteiger partial charge in [0.05, 0.1) is 18.7 Å². The Balaban J connectivity index is 1.59. The molecule has 5 rings (SSSR count). The summed E-state index contributed by atoms with van der Waals surface area (Å²) in [4.78, 5) is 41.9. The second-order valence-electron chi connectivity index (χ2n) is 7.46. The number of carbonyl (C=O) groups is 2. The summed E-state index contributed by atoms with van der Waals surface area (Å²) in [7, 11) is 1.80. The van der Waals surface area contributed by atoms with E-state index in [0.717, 1.165) is 16.8 Å². The summed E-state index contributed by atoms with van der Waals surface area (Å²) in [6.45, 7) is 0.412. The molecule has 1 saturated heterocycles. The third kappa shape index (κ3) is 2.52. The summed E-state index contributed by atoms with van der Waals surface area (Å²) in [5.74, 6) is -0.0613. The van der Waals surface area contributed by atoms with Crippen LogP contribution in [-0.2, 0) is 28.5 Å². The molecule has 1 fully saturated rings. The van der Waals surface area contributed by atoms with Crippen molar-refractivity contribution in [1.29, 1.82) is 0 Å². The molecule has 2 aliphatic rings. The Morgan fingerprint density at radius 2 is 2.14 bits per heavy atom. The number of aromatic nitrogens is 5. The van der Waals surface area contributed by atoms with Crippen molar-refractivity contribution in [2.45, 2.75) is 24.3 Å². The molecule has 2 unspecified atom stereocenters. The molecule has 29 heavy (non-hydrogen) atoms. The van der Waals surface area contributed by atoms with E-state index in [-0.39, 0.29) is 24.1 Å². The van der Waals surface area contributed by atoms with E-state index < -0.39 is 17.1 Å². The summed E-state index contributed by atoms with van der Waals surface area (Å²) in [6.07, 6.45) is 3.97. The van der Waals surface area contributed by atoms with Gasteiger partial charge in [-0.25, -0.2) is 9.89 Å². The lowest BCUT2D eigenvalue weighted by atomic mass is 9.73. The zero-order valence-electron chi connectivity index (χ0n) is 15.7. The van der Waals surface area contributed by atoms with Crippen molar-refractivity contribution in [3.63, 3.8) is 0 Å². The first-order valence-electron chi connectivity index (χ1n) is 9.31. The number of nitrogens with zero attached hydrogens (tertiary/aromatic N) is 4. The number of carbonyl (C=O) groups excluding carboxylic acids is 2. The number of benzene rings is 1. The maximum atomic E-state index is 13.2. The topological polar surface area (TPSA) is 129 Å². The molecule has 1 spiro atoms. The predicted molar refractivity (Wildman–Crippen MR) is 102 cm³/mol. The average molecular weight is 393 g/mol. The fraction of sp³-hybridized carbons (Fsp3) is 0.316. The Bertz CT molecular complexity index is 1180. The largest absolute Gasteiger partial charge is 0.340 e. The van der Waals surface area contributed by atoms with Gasteiger partial charge in [0.15, 0.2) is 0 Å². The Labute approximate surface area is 164 Å². The molecule has 2 atom stereocenters. The Morgan fingerprint density at radius 1 is 1.31 bits per heavy atom. The van der Waals surface area contributed by atoms with Crippen LogP contribution < -0.4 is 11.0 Å². The van der Waals surface area contributed by atoms with Gasteiger partial charge < -0.3 is 10.2 Å². The Kier molecular flexibility index (Phi) is 3.70. The zero-order valence-corrected chi connectivity index (χ0v) is 15.7. The molecule has 2 amide bonds. The highest BCUT2D eigenvalue weighted by atomic mass is 16.2. The molecule has 2 aromatic heterocycles. The van der Waals surface area contributed by atoms with E-state index in [1.54, 1.807) is 22.8 Å². The number of likely N-dealkylation sites (tertiary alicyclic amines) is 1. The monoisotopic (exact) mass is 393 g/mol. The van der Waals surface area contributed by atoms with E-state index in [0.29, 0.717) is 13.0 Å². The smallest absolute Gasteiger partial charge is 0.334 e. The fourth-order valence-corrected chi connectivity index (χ4v) is 4.63. The molecule has 0 aliphatic carbocycles. The third-order valence-electron chi connectivity index (χ3n) is 5.82. The molecule has 3 N–H and O–H groups in total. The van der Waals surface area contributed by atoms with Crippen molar-refractivity contribution in [2.75, 3.05) is 11.9 Å². The summed E-state index contributed by atoms with van der Waals surface area (Å²) >= 11 is 0. The van der Waals surface area contributed by atoms with E-state index in [2.05, 4.69) is 25.6 Å². The highest BCUT2D eigenvalue weighted by Crippen LogP contribution is 2.54. The van der Waals surface area contributed by atoms with Crippen LogP contribution in [0, 0.1) is 0 Å². The predicted octanol–water partition coefficient (Wildman–Crippen LogP) is 0.238. The first-order chi connectivity index (χ1) is 14.0. The van der Waals surface area contributed by atoms with Crippen LogP contribution in [-0.4, -0.2) is 48.2 Å². The number of anilines is 1. The number of hydrogen-bond donors (Lipinski definition) is 3. The maximum Gasteiger partial charge on any atom is 0.340 e. The van der Waals surface area contributed by atoms with Crippen molar-refractivity contribution in [3.8, 4) is 0 Å². The first-order valence-corrected chi connectivity index (χ1v) is 9.31. The molecule has 1 aromatic carbocycles. The summed E-state index contributed by atoms with van der Waals surface area (Å²) < 4.78 is 1.66. The van der Waals surface area contributed by atoms with Crippen LogP contribution in [0.1, 0.15) is 29.4 Å². The lowest BCUT2D eigenvalue weighted by molar-refractivity contribution is -0.133. The van der Waals surface area contributed by atoms with Gasteiger partial charge in [0, 0.05) is 31.0 Å². The molecule has 148 valence electrons. The van der Waals surface area contributed by atoms with Crippen LogP contribution >= 0.6 is 0 Å². The lowest BCUT2D eigenvalue weighted by Gasteiger charge is -2.33. The van der Waals surface area contributed by atoms with E-state index >= 15 is 0 Å². The number of fused-ring (bicyclic) bond motifs is 2. The first kappa shape index (κ1) is 17.4. The van der Waals surface area contributed by atoms with Crippen LogP contribution in [0.15, 0.2) is 41.5 Å². The number of aryl methyl sites for hydroxylation is 1. The van der Waals surface area contributed by atoms with Crippen LogP contribution in [0.25, 0.3) is 0 Å². The molecule has 10 nitrogen and oxygen atoms in total. The highest BCUT2D eigenvalue weighted by Gasteiger charge is 2.59. The van der Waals surface area contributed by atoms with Crippen LogP contribution in [0.5, 0.6) is 0 Å². The van der Waals surface area contributed by atoms with Gasteiger partial charge in [0.1, 0.15) is 11.2 Å². The second kappa shape index (κ2) is 6.16. The minimum Gasteiger partial charge on any atom is -0.334 e. The van der Waals surface area contributed by atoms with Gasteiger partial charge in [-0.2, -0.15) is 10.2 Å². The summed E-state index contributed by atoms with van der Waals surface area (Å²) in [6, 6.07) is 7.10. The molecule has 0 bridgehead atoms. The number of rotatable bonds is 3. The number of para-hydroxylation sites is 1. The van der Waals surface area contributed by atoms with Gasteiger partial charge in [-0.1, -0.05) is 18.2 Å². The molecule has 0 saturated carbocycles. The second-order valence-corrected chi connectivity index (χ2v) is 7.46. The Morgan fingerprint density at radius 3 is 2.86 bits per heavy atom. The number of nitrogens with one attached hydrogen (secondary N) is 3. The van der Waals surface area contributed by atoms with Crippen molar-refractivity contribution in [2.24, 2.45) is 7.05 Å². The van der Waals surface area contributed by atoms with Gasteiger partial charge in [0.2, 0.25) is 11.8 Å². The van der Waals surface area contributed by atoms with Gasteiger partial charge in [-0.15, -0.1) is 0 Å². The quantitative estimate of drug-likeness (QED) is 0.587. The van der Waals surface area contributed by atoms with Crippen molar-refractivity contribution >= 4 is 17.5 Å². The number of aromatic amines is 2. The minimum atomic E-state index is -0.881. The van der Waals surface area contributed by atoms with Gasteiger partial charge >= 0.3 is 5.69 Å². The number of hydrogen-bond acceptors (Lipinski definition) is 5. The van der Waals surface area contributed by atoms with E-state index in [4.69, 9.17) is 0 Å². The number of H-pyrrole nitrogens is 2. The number of amides is 2. The fourth-order valence-electron chi connectivity index (χ4n) is 4.63.